The molecule has 0 unspecified atom stereocenters. The van der Waals surface area contributed by atoms with Gasteiger partial charge in [0, 0.05) is 11.9 Å². The van der Waals surface area contributed by atoms with Crippen LogP contribution in [0.15, 0.2) is 53.3 Å². The van der Waals surface area contributed by atoms with Gasteiger partial charge in [0.15, 0.2) is 5.69 Å². The zero-order valence-electron chi connectivity index (χ0n) is 18.9. The molecular weight excluding hydrogens is 439 g/mol. The lowest BCUT2D eigenvalue weighted by Crippen LogP contribution is -2.43. The Balaban J connectivity index is 1.59. The molecule has 34 heavy (non-hydrogen) atoms. The Morgan fingerprint density at radius 1 is 0.941 bits per heavy atom. The van der Waals surface area contributed by atoms with Crippen molar-refractivity contribution in [2.75, 3.05) is 0 Å². The van der Waals surface area contributed by atoms with Crippen molar-refractivity contribution in [1.29, 1.82) is 0 Å². The monoisotopic (exact) mass is 462 g/mol. The van der Waals surface area contributed by atoms with E-state index in [1.54, 1.807) is 50.2 Å². The number of carbonyl (C=O) groups excluding carboxylic acids is 2. The van der Waals surface area contributed by atoms with Crippen molar-refractivity contribution in [2.45, 2.75) is 33.7 Å². The molecule has 0 spiro atoms. The van der Waals surface area contributed by atoms with Crippen molar-refractivity contribution < 1.29 is 14.0 Å². The predicted octanol–water partition coefficient (Wildman–Crippen LogP) is 2.82. The Labute approximate surface area is 194 Å². The number of nitrogens with zero attached hydrogens (tertiary/aromatic N) is 4. The van der Waals surface area contributed by atoms with Crippen LogP contribution in [0.2, 0.25) is 0 Å². The first-order valence-electron chi connectivity index (χ1n) is 10.7. The molecule has 0 atom stereocenters. The van der Waals surface area contributed by atoms with Gasteiger partial charge in [0.05, 0.1) is 28.0 Å². The quantitative estimate of drug-likeness (QED) is 0.443. The molecule has 0 saturated heterocycles. The Bertz CT molecular complexity index is 1460. The van der Waals surface area contributed by atoms with Crippen LogP contribution in [0.3, 0.4) is 0 Å². The van der Waals surface area contributed by atoms with Gasteiger partial charge in [-0.2, -0.15) is 10.2 Å². The number of hydrogen-bond donors (Lipinski definition) is 2. The molecule has 0 radical (unpaired) electrons. The molecule has 0 saturated carbocycles. The fourth-order valence-corrected chi connectivity index (χ4v) is 3.81. The van der Waals surface area contributed by atoms with E-state index in [1.807, 2.05) is 6.92 Å². The maximum atomic E-state index is 13.3. The fourth-order valence-electron chi connectivity index (χ4n) is 3.81. The Morgan fingerprint density at radius 3 is 2.26 bits per heavy atom. The molecule has 2 heterocycles. The second-order valence-corrected chi connectivity index (χ2v) is 7.76. The third-order valence-corrected chi connectivity index (χ3v) is 5.40. The molecule has 174 valence electrons. The lowest BCUT2D eigenvalue weighted by molar-refractivity contribution is 0.0843. The Hall–Kier alpha value is -4.34. The second kappa shape index (κ2) is 9.26. The van der Waals surface area contributed by atoms with Crippen LogP contribution in [0.1, 0.15) is 45.6 Å². The maximum absolute atomic E-state index is 13.3. The van der Waals surface area contributed by atoms with E-state index in [4.69, 9.17) is 0 Å². The summed E-state index contributed by atoms with van der Waals surface area (Å²) < 4.78 is 16.0. The molecule has 2 N–H and O–H groups in total. The Morgan fingerprint density at radius 2 is 1.59 bits per heavy atom. The lowest BCUT2D eigenvalue weighted by Gasteiger charge is -2.11. The molecule has 10 heteroatoms. The van der Waals surface area contributed by atoms with E-state index in [9.17, 15) is 18.8 Å². The number of aromatic nitrogens is 4. The van der Waals surface area contributed by atoms with Gasteiger partial charge in [-0.25, -0.2) is 13.8 Å². The highest BCUT2D eigenvalue weighted by atomic mass is 19.1. The van der Waals surface area contributed by atoms with Crippen molar-refractivity contribution in [3.05, 3.63) is 87.3 Å². The summed E-state index contributed by atoms with van der Waals surface area (Å²) in [6.07, 6.45) is 0.666. The molecule has 0 aliphatic carbocycles. The van der Waals surface area contributed by atoms with Crippen molar-refractivity contribution in [2.24, 2.45) is 0 Å². The van der Waals surface area contributed by atoms with E-state index in [0.29, 0.717) is 40.8 Å². The third kappa shape index (κ3) is 4.17. The van der Waals surface area contributed by atoms with Gasteiger partial charge >= 0.3 is 0 Å². The first-order valence-corrected chi connectivity index (χ1v) is 10.7. The summed E-state index contributed by atoms with van der Waals surface area (Å²) in [6.45, 7) is 5.63. The van der Waals surface area contributed by atoms with E-state index in [2.05, 4.69) is 21.0 Å². The lowest BCUT2D eigenvalue weighted by atomic mass is 10.1. The van der Waals surface area contributed by atoms with Crippen LogP contribution in [0.4, 0.5) is 4.39 Å². The van der Waals surface area contributed by atoms with Gasteiger partial charge in [-0.3, -0.25) is 25.2 Å². The smallest absolute Gasteiger partial charge is 0.267 e. The van der Waals surface area contributed by atoms with Gasteiger partial charge in [-0.15, -0.1) is 0 Å². The van der Waals surface area contributed by atoms with Crippen LogP contribution in [-0.4, -0.2) is 31.4 Å². The normalized spacial score (nSPS) is 10.9. The van der Waals surface area contributed by atoms with E-state index in [0.717, 1.165) is 0 Å². The van der Waals surface area contributed by atoms with E-state index in [-0.39, 0.29) is 22.6 Å². The number of hydrogen-bond acceptors (Lipinski definition) is 5. The number of halogens is 1. The number of benzene rings is 2. The maximum Gasteiger partial charge on any atom is 0.290 e. The van der Waals surface area contributed by atoms with Gasteiger partial charge in [-0.1, -0.05) is 25.1 Å². The summed E-state index contributed by atoms with van der Waals surface area (Å²) in [5, 5.41) is 9.35. The zero-order chi connectivity index (χ0) is 24.4. The third-order valence-electron chi connectivity index (χ3n) is 5.40. The first kappa shape index (κ1) is 22.8. The molecule has 4 aromatic rings. The molecular formula is C24H23FN6O3. The molecule has 0 bridgehead atoms. The van der Waals surface area contributed by atoms with Crippen LogP contribution >= 0.6 is 0 Å². The molecule has 0 aliphatic rings. The Kier molecular flexibility index (Phi) is 6.22. The zero-order valence-corrected chi connectivity index (χ0v) is 18.9. The molecule has 0 fully saturated rings. The minimum absolute atomic E-state index is 0.0272. The van der Waals surface area contributed by atoms with Crippen LogP contribution in [-0.2, 0) is 6.54 Å². The summed E-state index contributed by atoms with van der Waals surface area (Å²) in [4.78, 5) is 38.4. The summed E-state index contributed by atoms with van der Waals surface area (Å²) >= 11 is 0. The van der Waals surface area contributed by atoms with Crippen molar-refractivity contribution >= 4 is 22.6 Å². The molecule has 2 aromatic heterocycles. The van der Waals surface area contributed by atoms with Gasteiger partial charge in [-0.05, 0) is 50.6 Å². The summed E-state index contributed by atoms with van der Waals surface area (Å²) in [5.41, 5.74) is 6.37. The second-order valence-electron chi connectivity index (χ2n) is 7.76. The molecule has 0 aliphatic heterocycles. The van der Waals surface area contributed by atoms with Gasteiger partial charge in [0.1, 0.15) is 5.82 Å². The van der Waals surface area contributed by atoms with Crippen LogP contribution in [0.5, 0.6) is 0 Å². The van der Waals surface area contributed by atoms with E-state index >= 15 is 0 Å². The van der Waals surface area contributed by atoms with E-state index < -0.39 is 11.8 Å². The summed E-state index contributed by atoms with van der Waals surface area (Å²) in [7, 11) is 0. The average molecular weight is 462 g/mol. The van der Waals surface area contributed by atoms with Crippen molar-refractivity contribution in [3.63, 3.8) is 0 Å². The van der Waals surface area contributed by atoms with Crippen LogP contribution in [0.25, 0.3) is 16.5 Å². The standard InChI is InChI=1S/C24H23FN6O3/c1-4-13-30-24(34)19-8-6-5-7-18(19)21(29-30)23(33)27-26-22(32)20-14(2)28-31(15(20)3)17-11-9-16(25)10-12-17/h5-12H,4,13H2,1-3H3,(H,26,32)(H,27,33). The largest absolute Gasteiger partial charge is 0.290 e. The minimum Gasteiger partial charge on any atom is -0.267 e. The summed E-state index contributed by atoms with van der Waals surface area (Å²) in [5.74, 6) is -1.60. The number of hydrazine groups is 1. The highest BCUT2D eigenvalue weighted by molar-refractivity contribution is 6.06. The number of amides is 2. The highest BCUT2D eigenvalue weighted by Gasteiger charge is 2.22. The highest BCUT2D eigenvalue weighted by Crippen LogP contribution is 2.18. The average Bonchev–Trinajstić information content (AvgIpc) is 3.13. The number of fused-ring (bicyclic) bond motifs is 1. The molecule has 2 amide bonds. The number of rotatable bonds is 5. The molecule has 2 aromatic carbocycles. The topological polar surface area (TPSA) is 111 Å². The number of aryl methyl sites for hydroxylation is 2. The van der Waals surface area contributed by atoms with Crippen molar-refractivity contribution in [3.8, 4) is 5.69 Å². The molecule has 4 rings (SSSR count). The number of nitrogens with one attached hydrogen (secondary N) is 2. The molecule has 9 nitrogen and oxygen atoms in total. The van der Waals surface area contributed by atoms with E-state index in [1.165, 1.54) is 21.5 Å². The predicted molar refractivity (Wildman–Crippen MR) is 124 cm³/mol. The van der Waals surface area contributed by atoms with Gasteiger partial charge in [0.2, 0.25) is 0 Å². The first-order chi connectivity index (χ1) is 16.3. The SMILES string of the molecule is CCCn1nc(C(=O)NNC(=O)c2c(C)nn(-c3ccc(F)cc3)c2C)c2ccccc2c1=O. The fraction of sp³-hybridized carbons (Fsp3) is 0.208. The van der Waals surface area contributed by atoms with Gasteiger partial charge in [0.25, 0.3) is 17.4 Å². The van der Waals surface area contributed by atoms with Crippen LogP contribution < -0.4 is 16.4 Å². The van der Waals surface area contributed by atoms with Crippen LogP contribution in [0, 0.1) is 19.7 Å². The van der Waals surface area contributed by atoms with Gasteiger partial charge < -0.3 is 0 Å². The minimum atomic E-state index is -0.657. The summed E-state index contributed by atoms with van der Waals surface area (Å²) in [6, 6.07) is 12.4. The number of carbonyl (C=O) groups is 2. The van der Waals surface area contributed by atoms with Crippen molar-refractivity contribution in [1.82, 2.24) is 30.4 Å².